The zero-order valence-electron chi connectivity index (χ0n) is 12.3. The number of aryl methyl sites for hydroxylation is 3. The van der Waals surface area contributed by atoms with E-state index in [9.17, 15) is 4.79 Å². The van der Waals surface area contributed by atoms with Gasteiger partial charge >= 0.3 is 0 Å². The predicted octanol–water partition coefficient (Wildman–Crippen LogP) is 2.48. The van der Waals surface area contributed by atoms with Gasteiger partial charge in [0.25, 0.3) is 5.56 Å². The van der Waals surface area contributed by atoms with Gasteiger partial charge in [-0.15, -0.1) is 10.2 Å². The Morgan fingerprint density at radius 1 is 1.19 bits per heavy atom. The smallest absolute Gasteiger partial charge is 0.261 e. The minimum atomic E-state index is -0.0312. The van der Waals surface area contributed by atoms with Crippen LogP contribution in [-0.4, -0.2) is 19.7 Å². The van der Waals surface area contributed by atoms with Crippen molar-refractivity contribution in [1.82, 2.24) is 19.7 Å². The molecule has 0 amide bonds. The second-order valence-electron chi connectivity index (χ2n) is 5.02. The molecule has 0 aliphatic rings. The van der Waals surface area contributed by atoms with Gasteiger partial charge in [-0.25, -0.2) is 4.98 Å². The number of benzene rings is 1. The van der Waals surface area contributed by atoms with Crippen LogP contribution >= 0.6 is 11.3 Å². The third-order valence-electron chi connectivity index (χ3n) is 3.64. The lowest BCUT2D eigenvalue weighted by molar-refractivity contribution is 0.732. The van der Waals surface area contributed by atoms with Crippen LogP contribution in [0.4, 0.5) is 0 Å². The standard InChI is InChI=1S/C15H16N4OS/c1-4-12-17-18-13(21-12)7-19-8-16-14-10(3)9(2)5-6-11(14)15(19)20/h5-6,8H,4,7H2,1-3H3. The Labute approximate surface area is 126 Å². The Kier molecular flexibility index (Phi) is 3.55. The molecule has 3 aromatic rings. The normalized spacial score (nSPS) is 11.2. The monoisotopic (exact) mass is 300 g/mol. The van der Waals surface area contributed by atoms with Crippen LogP contribution in [0.15, 0.2) is 23.3 Å². The largest absolute Gasteiger partial charge is 0.292 e. The van der Waals surface area contributed by atoms with Crippen molar-refractivity contribution in [3.8, 4) is 0 Å². The van der Waals surface area contributed by atoms with Gasteiger partial charge in [-0.2, -0.15) is 0 Å². The molecule has 0 saturated heterocycles. The lowest BCUT2D eigenvalue weighted by atomic mass is 10.1. The van der Waals surface area contributed by atoms with Crippen LogP contribution in [0.25, 0.3) is 10.9 Å². The second kappa shape index (κ2) is 5.37. The molecule has 21 heavy (non-hydrogen) atoms. The summed E-state index contributed by atoms with van der Waals surface area (Å²) in [4.78, 5) is 17.0. The van der Waals surface area contributed by atoms with E-state index in [1.165, 1.54) is 11.3 Å². The first-order valence-electron chi connectivity index (χ1n) is 6.86. The van der Waals surface area contributed by atoms with E-state index in [0.717, 1.165) is 33.1 Å². The molecule has 5 nitrogen and oxygen atoms in total. The first-order chi connectivity index (χ1) is 10.1. The van der Waals surface area contributed by atoms with Gasteiger partial charge in [0, 0.05) is 0 Å². The van der Waals surface area contributed by atoms with Gasteiger partial charge in [0.2, 0.25) is 0 Å². The minimum absolute atomic E-state index is 0.0312. The maximum atomic E-state index is 12.6. The zero-order chi connectivity index (χ0) is 15.0. The Morgan fingerprint density at radius 2 is 1.95 bits per heavy atom. The molecule has 2 heterocycles. The van der Waals surface area contributed by atoms with Crippen molar-refractivity contribution in [3.05, 3.63) is 50.0 Å². The topological polar surface area (TPSA) is 60.7 Å². The van der Waals surface area contributed by atoms with E-state index in [1.54, 1.807) is 10.9 Å². The van der Waals surface area contributed by atoms with E-state index in [-0.39, 0.29) is 5.56 Å². The van der Waals surface area contributed by atoms with Crippen LogP contribution in [0.5, 0.6) is 0 Å². The summed E-state index contributed by atoms with van der Waals surface area (Å²) in [6, 6.07) is 3.81. The summed E-state index contributed by atoms with van der Waals surface area (Å²) in [5.74, 6) is 0. The van der Waals surface area contributed by atoms with Crippen molar-refractivity contribution in [3.63, 3.8) is 0 Å². The first-order valence-corrected chi connectivity index (χ1v) is 7.68. The molecule has 6 heteroatoms. The highest BCUT2D eigenvalue weighted by Crippen LogP contribution is 2.17. The molecule has 3 rings (SSSR count). The molecule has 108 valence electrons. The van der Waals surface area contributed by atoms with Crippen LogP contribution in [0.2, 0.25) is 0 Å². The number of aromatic nitrogens is 4. The molecule has 0 atom stereocenters. The van der Waals surface area contributed by atoms with E-state index in [4.69, 9.17) is 0 Å². The number of hydrogen-bond acceptors (Lipinski definition) is 5. The number of nitrogens with zero attached hydrogens (tertiary/aromatic N) is 4. The third kappa shape index (κ3) is 2.47. The molecule has 0 radical (unpaired) electrons. The van der Waals surface area contributed by atoms with E-state index >= 15 is 0 Å². The van der Waals surface area contributed by atoms with Crippen LogP contribution in [0, 0.1) is 13.8 Å². The van der Waals surface area contributed by atoms with Crippen molar-refractivity contribution in [1.29, 1.82) is 0 Å². The Balaban J connectivity index is 2.06. The van der Waals surface area contributed by atoms with Crippen molar-refractivity contribution >= 4 is 22.2 Å². The quantitative estimate of drug-likeness (QED) is 0.745. The van der Waals surface area contributed by atoms with Crippen molar-refractivity contribution in [2.24, 2.45) is 0 Å². The number of fused-ring (bicyclic) bond motifs is 1. The molecular formula is C15H16N4OS. The van der Waals surface area contributed by atoms with E-state index in [0.29, 0.717) is 11.9 Å². The third-order valence-corrected chi connectivity index (χ3v) is 4.69. The predicted molar refractivity (Wildman–Crippen MR) is 83.9 cm³/mol. The average molecular weight is 300 g/mol. The zero-order valence-corrected chi connectivity index (χ0v) is 13.1. The lowest BCUT2D eigenvalue weighted by Crippen LogP contribution is -2.21. The summed E-state index contributed by atoms with van der Waals surface area (Å²) >= 11 is 1.54. The Morgan fingerprint density at radius 3 is 2.67 bits per heavy atom. The van der Waals surface area contributed by atoms with Gasteiger partial charge < -0.3 is 0 Å². The lowest BCUT2D eigenvalue weighted by Gasteiger charge is -2.07. The highest BCUT2D eigenvalue weighted by Gasteiger charge is 2.10. The highest BCUT2D eigenvalue weighted by molar-refractivity contribution is 7.11. The molecule has 1 aromatic carbocycles. The summed E-state index contributed by atoms with van der Waals surface area (Å²) < 4.78 is 1.59. The molecule has 0 saturated carbocycles. The van der Waals surface area contributed by atoms with Crippen LogP contribution in [-0.2, 0) is 13.0 Å². The summed E-state index contributed by atoms with van der Waals surface area (Å²) in [6.45, 7) is 6.48. The molecule has 0 N–H and O–H groups in total. The number of rotatable bonds is 3. The molecule has 0 fully saturated rings. The van der Waals surface area contributed by atoms with Gasteiger partial charge in [0.15, 0.2) is 0 Å². The average Bonchev–Trinajstić information content (AvgIpc) is 2.93. The molecule has 0 aliphatic heterocycles. The highest BCUT2D eigenvalue weighted by atomic mass is 32.1. The van der Waals surface area contributed by atoms with Gasteiger partial charge in [-0.3, -0.25) is 9.36 Å². The molecule has 2 aromatic heterocycles. The van der Waals surface area contributed by atoms with Gasteiger partial charge in [-0.1, -0.05) is 24.3 Å². The second-order valence-corrected chi connectivity index (χ2v) is 6.17. The maximum Gasteiger partial charge on any atom is 0.261 e. The molecule has 0 spiro atoms. The summed E-state index contributed by atoms with van der Waals surface area (Å²) in [5.41, 5.74) is 2.95. The van der Waals surface area contributed by atoms with Crippen molar-refractivity contribution in [2.45, 2.75) is 33.7 Å². The summed E-state index contributed by atoms with van der Waals surface area (Å²) in [6.07, 6.45) is 2.46. The van der Waals surface area contributed by atoms with Crippen molar-refractivity contribution < 1.29 is 0 Å². The summed E-state index contributed by atoms with van der Waals surface area (Å²) in [5, 5.41) is 10.7. The fourth-order valence-electron chi connectivity index (χ4n) is 2.23. The van der Waals surface area contributed by atoms with E-state index < -0.39 is 0 Å². The molecule has 0 bridgehead atoms. The minimum Gasteiger partial charge on any atom is -0.292 e. The molecule has 0 unspecified atom stereocenters. The van der Waals surface area contributed by atoms with Gasteiger partial charge in [0.05, 0.1) is 23.8 Å². The van der Waals surface area contributed by atoms with E-state index in [1.807, 2.05) is 32.9 Å². The summed E-state index contributed by atoms with van der Waals surface area (Å²) in [7, 11) is 0. The fourth-order valence-corrected chi connectivity index (χ4v) is 3.01. The first kappa shape index (κ1) is 13.9. The Bertz CT molecular complexity index is 866. The van der Waals surface area contributed by atoms with Gasteiger partial charge in [0.1, 0.15) is 10.0 Å². The van der Waals surface area contributed by atoms with Crippen molar-refractivity contribution in [2.75, 3.05) is 0 Å². The Hall–Kier alpha value is -2.08. The molecular weight excluding hydrogens is 284 g/mol. The van der Waals surface area contributed by atoms with E-state index in [2.05, 4.69) is 15.2 Å². The van der Waals surface area contributed by atoms with Gasteiger partial charge in [-0.05, 0) is 37.5 Å². The number of hydrogen-bond donors (Lipinski definition) is 0. The molecule has 0 aliphatic carbocycles. The maximum absolute atomic E-state index is 12.6. The SMILES string of the molecule is CCc1nnc(Cn2cnc3c(C)c(C)ccc3c2=O)s1. The van der Waals surface area contributed by atoms with Crippen LogP contribution in [0.3, 0.4) is 0 Å². The van der Waals surface area contributed by atoms with Crippen LogP contribution in [0.1, 0.15) is 28.1 Å². The van der Waals surface area contributed by atoms with Crippen LogP contribution < -0.4 is 5.56 Å². The fraction of sp³-hybridized carbons (Fsp3) is 0.333.